The van der Waals surface area contributed by atoms with Crippen LogP contribution in [0.4, 0.5) is 4.39 Å². The summed E-state index contributed by atoms with van der Waals surface area (Å²) in [5.41, 5.74) is 1.91. The van der Waals surface area contributed by atoms with Crippen LogP contribution in [-0.4, -0.2) is 38.9 Å². The summed E-state index contributed by atoms with van der Waals surface area (Å²) in [4.78, 5) is 24.8. The molecule has 0 bridgehead atoms. The van der Waals surface area contributed by atoms with Crippen molar-refractivity contribution in [3.63, 3.8) is 0 Å². The number of methoxy groups -OCH3 is 1. The van der Waals surface area contributed by atoms with Crippen LogP contribution in [0.25, 0.3) is 11.1 Å². The standard InChI is InChI=1S/C27H27FO6/c1-3-32-26(29)20-11-13-24(28)23(16-20)22-12-10-21(17-25(22)33-15-7-14-31-2)27(30)34-18-19-8-5-4-6-9-19/h4-6,8-13,16-17H,3,7,14-15,18H2,1-2H3. The normalized spacial score (nSPS) is 10.6. The molecule has 7 heteroatoms. The zero-order valence-corrected chi connectivity index (χ0v) is 19.2. The largest absolute Gasteiger partial charge is 0.493 e. The molecule has 3 aromatic rings. The van der Waals surface area contributed by atoms with Crippen molar-refractivity contribution in [3.8, 4) is 16.9 Å². The predicted molar refractivity (Wildman–Crippen MR) is 125 cm³/mol. The third kappa shape index (κ3) is 6.65. The van der Waals surface area contributed by atoms with Crippen LogP contribution in [0, 0.1) is 5.82 Å². The van der Waals surface area contributed by atoms with Gasteiger partial charge in [-0.25, -0.2) is 14.0 Å². The molecule has 0 aliphatic heterocycles. The van der Waals surface area contributed by atoms with Gasteiger partial charge in [-0.2, -0.15) is 0 Å². The summed E-state index contributed by atoms with van der Waals surface area (Å²) >= 11 is 0. The van der Waals surface area contributed by atoms with Crippen molar-refractivity contribution in [2.45, 2.75) is 20.0 Å². The molecular weight excluding hydrogens is 439 g/mol. The Morgan fingerprint density at radius 2 is 1.53 bits per heavy atom. The highest BCUT2D eigenvalue weighted by molar-refractivity contribution is 5.93. The number of hydrogen-bond acceptors (Lipinski definition) is 6. The van der Waals surface area contributed by atoms with Gasteiger partial charge >= 0.3 is 11.9 Å². The van der Waals surface area contributed by atoms with Crippen LogP contribution in [0.1, 0.15) is 39.6 Å². The molecule has 3 aromatic carbocycles. The Labute approximate surface area is 198 Å². The van der Waals surface area contributed by atoms with Gasteiger partial charge in [-0.05, 0) is 48.9 Å². The van der Waals surface area contributed by atoms with Crippen LogP contribution in [0.2, 0.25) is 0 Å². The SMILES string of the molecule is CCOC(=O)c1ccc(F)c(-c2ccc(C(=O)OCc3ccccc3)cc2OCCCOC)c1. The zero-order chi connectivity index (χ0) is 24.3. The maximum atomic E-state index is 14.8. The van der Waals surface area contributed by atoms with Gasteiger partial charge in [-0.15, -0.1) is 0 Å². The maximum Gasteiger partial charge on any atom is 0.338 e. The summed E-state index contributed by atoms with van der Waals surface area (Å²) in [7, 11) is 1.59. The van der Waals surface area contributed by atoms with E-state index in [9.17, 15) is 14.0 Å². The van der Waals surface area contributed by atoms with Crippen molar-refractivity contribution in [2.24, 2.45) is 0 Å². The quantitative estimate of drug-likeness (QED) is 0.277. The van der Waals surface area contributed by atoms with Crippen LogP contribution >= 0.6 is 0 Å². The molecule has 0 aromatic heterocycles. The molecule has 0 unspecified atom stereocenters. The Morgan fingerprint density at radius 3 is 2.26 bits per heavy atom. The third-order valence-corrected chi connectivity index (χ3v) is 4.95. The second-order valence-electron chi connectivity index (χ2n) is 7.38. The van der Waals surface area contributed by atoms with E-state index in [0.717, 1.165) is 5.56 Å². The minimum Gasteiger partial charge on any atom is -0.493 e. The van der Waals surface area contributed by atoms with Gasteiger partial charge in [-0.1, -0.05) is 30.3 Å². The van der Waals surface area contributed by atoms with Gasteiger partial charge in [0.05, 0.1) is 24.3 Å². The molecule has 178 valence electrons. The van der Waals surface area contributed by atoms with E-state index in [2.05, 4.69) is 0 Å². The number of benzene rings is 3. The second kappa shape index (κ2) is 12.5. The molecule has 0 aliphatic carbocycles. The van der Waals surface area contributed by atoms with Crippen molar-refractivity contribution >= 4 is 11.9 Å². The summed E-state index contributed by atoms with van der Waals surface area (Å²) in [5, 5.41) is 0. The molecule has 0 fully saturated rings. The predicted octanol–water partition coefficient (Wildman–Crippen LogP) is 5.44. The van der Waals surface area contributed by atoms with Crippen LogP contribution in [0.3, 0.4) is 0 Å². The molecule has 0 amide bonds. The lowest BCUT2D eigenvalue weighted by atomic mass is 9.99. The van der Waals surface area contributed by atoms with Gasteiger partial charge in [0.15, 0.2) is 0 Å². The molecular formula is C27H27FO6. The number of carbonyl (C=O) groups is 2. The summed E-state index contributed by atoms with van der Waals surface area (Å²) < 4.78 is 36.1. The summed E-state index contributed by atoms with van der Waals surface area (Å²) in [6.45, 7) is 2.81. The van der Waals surface area contributed by atoms with Crippen molar-refractivity contribution < 1.29 is 32.9 Å². The first-order valence-electron chi connectivity index (χ1n) is 11.0. The fraction of sp³-hybridized carbons (Fsp3) is 0.259. The van der Waals surface area contributed by atoms with E-state index >= 15 is 0 Å². The number of hydrogen-bond donors (Lipinski definition) is 0. The number of halogens is 1. The van der Waals surface area contributed by atoms with Crippen molar-refractivity contribution in [2.75, 3.05) is 26.9 Å². The molecule has 3 rings (SSSR count). The first kappa shape index (κ1) is 24.9. The average molecular weight is 467 g/mol. The molecule has 34 heavy (non-hydrogen) atoms. The van der Waals surface area contributed by atoms with E-state index < -0.39 is 17.8 Å². The Balaban J connectivity index is 1.89. The van der Waals surface area contributed by atoms with Crippen molar-refractivity contribution in [1.29, 1.82) is 0 Å². The van der Waals surface area contributed by atoms with Gasteiger partial charge in [0.25, 0.3) is 0 Å². The first-order valence-corrected chi connectivity index (χ1v) is 11.0. The fourth-order valence-electron chi connectivity index (χ4n) is 3.26. The molecule has 0 saturated heterocycles. The summed E-state index contributed by atoms with van der Waals surface area (Å²) in [6.07, 6.45) is 0.601. The monoisotopic (exact) mass is 466 g/mol. The second-order valence-corrected chi connectivity index (χ2v) is 7.38. The van der Waals surface area contributed by atoms with Crippen LogP contribution < -0.4 is 4.74 Å². The Bertz CT molecular complexity index is 1110. The van der Waals surface area contributed by atoms with Gasteiger partial charge < -0.3 is 18.9 Å². The topological polar surface area (TPSA) is 71.1 Å². The lowest BCUT2D eigenvalue weighted by Crippen LogP contribution is -2.08. The van der Waals surface area contributed by atoms with Gasteiger partial charge in [0.1, 0.15) is 18.2 Å². The lowest BCUT2D eigenvalue weighted by Gasteiger charge is -2.15. The Kier molecular flexibility index (Phi) is 9.17. The van der Waals surface area contributed by atoms with Gasteiger partial charge in [-0.3, -0.25) is 0 Å². The van der Waals surface area contributed by atoms with Gasteiger partial charge in [0.2, 0.25) is 0 Å². The molecule has 0 atom stereocenters. The van der Waals surface area contributed by atoms with E-state index in [1.165, 1.54) is 24.3 Å². The van der Waals surface area contributed by atoms with Crippen LogP contribution in [0.5, 0.6) is 5.75 Å². The average Bonchev–Trinajstić information content (AvgIpc) is 2.86. The highest BCUT2D eigenvalue weighted by atomic mass is 19.1. The zero-order valence-electron chi connectivity index (χ0n) is 19.2. The number of rotatable bonds is 11. The number of carbonyl (C=O) groups excluding carboxylic acids is 2. The molecule has 6 nitrogen and oxygen atoms in total. The molecule has 0 saturated carbocycles. The Hall–Kier alpha value is -3.71. The van der Waals surface area contributed by atoms with Crippen LogP contribution in [0.15, 0.2) is 66.7 Å². The summed E-state index contributed by atoms with van der Waals surface area (Å²) in [5.74, 6) is -1.32. The van der Waals surface area contributed by atoms with E-state index in [0.29, 0.717) is 30.9 Å². The molecule has 0 aliphatic rings. The molecule has 0 N–H and O–H groups in total. The van der Waals surface area contributed by atoms with E-state index in [1.807, 2.05) is 30.3 Å². The molecule has 0 radical (unpaired) electrons. The third-order valence-electron chi connectivity index (χ3n) is 4.95. The minimum absolute atomic E-state index is 0.127. The van der Waals surface area contributed by atoms with Crippen LogP contribution in [-0.2, 0) is 20.8 Å². The van der Waals surface area contributed by atoms with E-state index in [4.69, 9.17) is 18.9 Å². The Morgan fingerprint density at radius 1 is 0.824 bits per heavy atom. The highest BCUT2D eigenvalue weighted by Crippen LogP contribution is 2.34. The highest BCUT2D eigenvalue weighted by Gasteiger charge is 2.18. The first-order chi connectivity index (χ1) is 16.5. The van der Waals surface area contributed by atoms with E-state index in [-0.39, 0.29) is 29.9 Å². The minimum atomic E-state index is -0.549. The van der Waals surface area contributed by atoms with E-state index in [1.54, 1.807) is 26.2 Å². The van der Waals surface area contributed by atoms with Gasteiger partial charge in [0, 0.05) is 31.3 Å². The fourth-order valence-corrected chi connectivity index (χ4v) is 3.26. The number of esters is 2. The number of ether oxygens (including phenoxy) is 4. The molecule has 0 heterocycles. The smallest absolute Gasteiger partial charge is 0.338 e. The van der Waals surface area contributed by atoms with Crippen molar-refractivity contribution in [3.05, 3.63) is 89.2 Å². The maximum absolute atomic E-state index is 14.8. The summed E-state index contributed by atoms with van der Waals surface area (Å²) in [6, 6.07) is 18.0. The van der Waals surface area contributed by atoms with Crippen molar-refractivity contribution in [1.82, 2.24) is 0 Å². The molecule has 0 spiro atoms. The lowest BCUT2D eigenvalue weighted by molar-refractivity contribution is 0.0470.